The second-order valence-electron chi connectivity index (χ2n) is 5.13. The number of hydrogen-bond donors (Lipinski definition) is 2. The molecule has 1 heterocycles. The molecular formula is C15H19N3O2S. The molecule has 2 aromatic rings. The molecule has 112 valence electrons. The van der Waals surface area contributed by atoms with Gasteiger partial charge >= 0.3 is 0 Å². The molecular weight excluding hydrogens is 286 g/mol. The number of carbonyl (C=O) groups excluding carboxylic acids is 1. The van der Waals surface area contributed by atoms with Gasteiger partial charge in [0.05, 0.1) is 11.4 Å². The Hall–Kier alpha value is -1.95. The normalized spacial score (nSPS) is 10.9. The van der Waals surface area contributed by atoms with Crippen molar-refractivity contribution in [2.45, 2.75) is 31.6 Å². The highest BCUT2D eigenvalue weighted by Crippen LogP contribution is 2.23. The van der Waals surface area contributed by atoms with Crippen molar-refractivity contribution in [2.75, 3.05) is 16.8 Å². The van der Waals surface area contributed by atoms with Gasteiger partial charge < -0.3 is 10.3 Å². The molecule has 0 saturated heterocycles. The lowest BCUT2D eigenvalue weighted by molar-refractivity contribution is -0.113. The molecule has 5 nitrogen and oxygen atoms in total. The highest BCUT2D eigenvalue weighted by Gasteiger charge is 2.10. The quantitative estimate of drug-likeness (QED) is 0.653. The molecule has 0 spiro atoms. The summed E-state index contributed by atoms with van der Waals surface area (Å²) in [7, 11) is 0. The van der Waals surface area contributed by atoms with Crippen LogP contribution in [0.5, 0.6) is 0 Å². The molecule has 1 aromatic heterocycles. The van der Waals surface area contributed by atoms with Crippen LogP contribution in [-0.2, 0) is 4.79 Å². The van der Waals surface area contributed by atoms with Crippen LogP contribution in [0.25, 0.3) is 0 Å². The topological polar surface area (TPSA) is 81.2 Å². The standard InChI is InChI=1S/C15H19N3O2S/c1-9(2)13-7-15(20-18-13)17-14(19)8-21-11-4-5-12(16)10(3)6-11/h4-7,9H,8,16H2,1-3H3,(H,17,19). The molecule has 2 rings (SSSR count). The molecule has 21 heavy (non-hydrogen) atoms. The molecule has 0 bridgehead atoms. The zero-order valence-electron chi connectivity index (χ0n) is 12.3. The highest BCUT2D eigenvalue weighted by molar-refractivity contribution is 8.00. The van der Waals surface area contributed by atoms with Gasteiger partial charge in [-0.3, -0.25) is 10.1 Å². The largest absolute Gasteiger partial charge is 0.399 e. The number of thioether (sulfide) groups is 1. The monoisotopic (exact) mass is 305 g/mol. The smallest absolute Gasteiger partial charge is 0.237 e. The van der Waals surface area contributed by atoms with Crippen molar-refractivity contribution >= 4 is 29.2 Å². The van der Waals surface area contributed by atoms with E-state index in [2.05, 4.69) is 10.5 Å². The molecule has 0 saturated carbocycles. The van der Waals surface area contributed by atoms with Crippen LogP contribution in [0, 0.1) is 6.92 Å². The van der Waals surface area contributed by atoms with E-state index in [9.17, 15) is 4.79 Å². The van der Waals surface area contributed by atoms with E-state index in [0.29, 0.717) is 11.6 Å². The number of aromatic nitrogens is 1. The Bertz CT molecular complexity index is 638. The van der Waals surface area contributed by atoms with Gasteiger partial charge in [-0.15, -0.1) is 11.8 Å². The first-order valence-electron chi connectivity index (χ1n) is 6.71. The predicted octanol–water partition coefficient (Wildman–Crippen LogP) is 3.42. The first kappa shape index (κ1) is 15.4. The Morgan fingerprint density at radius 1 is 1.43 bits per heavy atom. The van der Waals surface area contributed by atoms with E-state index in [-0.39, 0.29) is 11.8 Å². The number of carbonyl (C=O) groups is 1. The summed E-state index contributed by atoms with van der Waals surface area (Å²) in [6.07, 6.45) is 0. The summed E-state index contributed by atoms with van der Waals surface area (Å²) in [6.45, 7) is 5.98. The maximum absolute atomic E-state index is 11.9. The van der Waals surface area contributed by atoms with Gasteiger partial charge in [0.2, 0.25) is 11.8 Å². The van der Waals surface area contributed by atoms with Gasteiger partial charge in [-0.05, 0) is 36.6 Å². The van der Waals surface area contributed by atoms with Crippen molar-refractivity contribution in [2.24, 2.45) is 0 Å². The number of nitrogens with two attached hydrogens (primary N) is 1. The molecule has 1 aromatic carbocycles. The molecule has 1 amide bonds. The number of rotatable bonds is 5. The minimum atomic E-state index is -0.124. The summed E-state index contributed by atoms with van der Waals surface area (Å²) in [6, 6.07) is 7.48. The van der Waals surface area contributed by atoms with E-state index in [1.807, 2.05) is 39.0 Å². The zero-order valence-corrected chi connectivity index (χ0v) is 13.2. The van der Waals surface area contributed by atoms with E-state index in [1.54, 1.807) is 6.07 Å². The van der Waals surface area contributed by atoms with Gasteiger partial charge in [0.1, 0.15) is 0 Å². The lowest BCUT2D eigenvalue weighted by Crippen LogP contribution is -2.13. The Labute approximate surface area is 128 Å². The number of nitrogen functional groups attached to an aromatic ring is 1. The average Bonchev–Trinajstić information content (AvgIpc) is 2.89. The Morgan fingerprint density at radius 3 is 2.81 bits per heavy atom. The molecule has 0 atom stereocenters. The third kappa shape index (κ3) is 4.26. The fraction of sp³-hybridized carbons (Fsp3) is 0.333. The van der Waals surface area contributed by atoms with Crippen molar-refractivity contribution in [3.63, 3.8) is 0 Å². The molecule has 0 aliphatic carbocycles. The van der Waals surface area contributed by atoms with Crippen LogP contribution in [0.3, 0.4) is 0 Å². The molecule has 0 aliphatic rings. The van der Waals surface area contributed by atoms with Crippen LogP contribution in [0.1, 0.15) is 31.0 Å². The number of benzene rings is 1. The molecule has 0 radical (unpaired) electrons. The van der Waals surface area contributed by atoms with Crippen LogP contribution < -0.4 is 11.1 Å². The van der Waals surface area contributed by atoms with Crippen molar-refractivity contribution in [1.29, 1.82) is 0 Å². The third-order valence-electron chi connectivity index (χ3n) is 2.99. The minimum Gasteiger partial charge on any atom is -0.399 e. The number of anilines is 2. The van der Waals surface area contributed by atoms with Crippen molar-refractivity contribution < 1.29 is 9.32 Å². The van der Waals surface area contributed by atoms with E-state index < -0.39 is 0 Å². The number of nitrogens with zero attached hydrogens (tertiary/aromatic N) is 1. The minimum absolute atomic E-state index is 0.124. The second kappa shape index (κ2) is 6.67. The van der Waals surface area contributed by atoms with Crippen LogP contribution in [0.2, 0.25) is 0 Å². The maximum Gasteiger partial charge on any atom is 0.237 e. The van der Waals surface area contributed by atoms with Gasteiger partial charge in [-0.25, -0.2) is 0 Å². The summed E-state index contributed by atoms with van der Waals surface area (Å²) in [4.78, 5) is 12.9. The van der Waals surface area contributed by atoms with Crippen LogP contribution in [0.15, 0.2) is 33.7 Å². The Kier molecular flexibility index (Phi) is 4.90. The molecule has 3 N–H and O–H groups in total. The van der Waals surface area contributed by atoms with E-state index >= 15 is 0 Å². The molecule has 0 unspecified atom stereocenters. The summed E-state index contributed by atoms with van der Waals surface area (Å²) in [5, 5.41) is 6.60. The molecule has 0 fully saturated rings. The van der Waals surface area contributed by atoms with Crippen molar-refractivity contribution in [3.05, 3.63) is 35.5 Å². The van der Waals surface area contributed by atoms with Gasteiger partial charge in [-0.2, -0.15) is 0 Å². The number of nitrogens with one attached hydrogen (secondary N) is 1. The summed E-state index contributed by atoms with van der Waals surface area (Å²) in [5.74, 6) is 0.839. The first-order valence-corrected chi connectivity index (χ1v) is 7.69. The van der Waals surface area contributed by atoms with Gasteiger partial charge in [0, 0.05) is 16.6 Å². The van der Waals surface area contributed by atoms with Crippen LogP contribution >= 0.6 is 11.8 Å². The molecule has 6 heteroatoms. The number of amides is 1. The lowest BCUT2D eigenvalue weighted by atomic mass is 10.1. The third-order valence-corrected chi connectivity index (χ3v) is 3.99. The van der Waals surface area contributed by atoms with Crippen molar-refractivity contribution in [1.82, 2.24) is 5.16 Å². The summed E-state index contributed by atoms with van der Waals surface area (Å²) in [5.41, 5.74) is 8.36. The van der Waals surface area contributed by atoms with E-state index in [1.165, 1.54) is 11.8 Å². The van der Waals surface area contributed by atoms with Gasteiger partial charge in [0.25, 0.3) is 0 Å². The second-order valence-corrected chi connectivity index (χ2v) is 6.17. The van der Waals surface area contributed by atoms with Crippen molar-refractivity contribution in [3.8, 4) is 0 Å². The number of aryl methyl sites for hydroxylation is 1. The fourth-order valence-corrected chi connectivity index (χ4v) is 2.47. The van der Waals surface area contributed by atoms with Crippen LogP contribution in [-0.4, -0.2) is 16.8 Å². The fourth-order valence-electron chi connectivity index (χ4n) is 1.68. The molecule has 0 aliphatic heterocycles. The van der Waals surface area contributed by atoms with Gasteiger partial charge in [-0.1, -0.05) is 19.0 Å². The predicted molar refractivity (Wildman–Crippen MR) is 85.5 cm³/mol. The SMILES string of the molecule is Cc1cc(SCC(=O)Nc2cc(C(C)C)no2)ccc1N. The highest BCUT2D eigenvalue weighted by atomic mass is 32.2. The van der Waals surface area contributed by atoms with Gasteiger partial charge in [0.15, 0.2) is 0 Å². The van der Waals surface area contributed by atoms with E-state index in [4.69, 9.17) is 10.3 Å². The maximum atomic E-state index is 11.9. The van der Waals surface area contributed by atoms with Crippen LogP contribution in [0.4, 0.5) is 11.6 Å². The summed E-state index contributed by atoms with van der Waals surface area (Å²) >= 11 is 1.45. The summed E-state index contributed by atoms with van der Waals surface area (Å²) < 4.78 is 5.08. The zero-order chi connectivity index (χ0) is 15.4. The average molecular weight is 305 g/mol. The lowest BCUT2D eigenvalue weighted by Gasteiger charge is -2.04. The Balaban J connectivity index is 1.88. The first-order chi connectivity index (χ1) is 9.95. The van der Waals surface area contributed by atoms with E-state index in [0.717, 1.165) is 21.8 Å². The Morgan fingerprint density at radius 2 is 2.19 bits per heavy atom. The number of hydrogen-bond acceptors (Lipinski definition) is 5.